The van der Waals surface area contributed by atoms with Gasteiger partial charge in [-0.2, -0.15) is 0 Å². The number of benzene rings is 1. The molecular weight excluding hydrogens is 358 g/mol. The first kappa shape index (κ1) is 17.9. The van der Waals surface area contributed by atoms with Gasteiger partial charge in [0.25, 0.3) is 5.56 Å². The Balaban J connectivity index is 1.75. The van der Waals surface area contributed by atoms with Crippen LogP contribution in [0.3, 0.4) is 0 Å². The second kappa shape index (κ2) is 7.24. The van der Waals surface area contributed by atoms with E-state index >= 15 is 0 Å². The maximum Gasteiger partial charge on any atom is 0.320 e. The van der Waals surface area contributed by atoms with Gasteiger partial charge in [-0.25, -0.2) is 9.97 Å². The van der Waals surface area contributed by atoms with E-state index in [0.29, 0.717) is 41.8 Å². The number of nitrogens with one attached hydrogen (secondary N) is 1. The van der Waals surface area contributed by atoms with Crippen molar-refractivity contribution < 1.29 is 9.90 Å². The molecule has 142 valence electrons. The summed E-state index contributed by atoms with van der Waals surface area (Å²) in [6, 6.07) is 10.4. The average Bonchev–Trinajstić information content (AvgIpc) is 3.06. The Bertz CT molecular complexity index is 1230. The number of pyridine rings is 1. The largest absolute Gasteiger partial charge is 0.480 e. The second-order valence-corrected chi connectivity index (χ2v) is 6.63. The van der Waals surface area contributed by atoms with Crippen LogP contribution < -0.4 is 11.3 Å². The summed E-state index contributed by atoms with van der Waals surface area (Å²) in [4.78, 5) is 35.1. The molecule has 0 aliphatic carbocycles. The predicted octanol–water partition coefficient (Wildman–Crippen LogP) is 2.13. The molecule has 1 unspecified atom stereocenters. The number of H-pyrrole nitrogens is 1. The molecule has 1 atom stereocenters. The van der Waals surface area contributed by atoms with Crippen LogP contribution in [0.5, 0.6) is 0 Å². The van der Waals surface area contributed by atoms with Crippen LogP contribution in [0.1, 0.15) is 12.8 Å². The molecule has 8 nitrogen and oxygen atoms in total. The Morgan fingerprint density at radius 1 is 1.25 bits per heavy atom. The van der Waals surface area contributed by atoms with Crippen LogP contribution in [-0.2, 0) is 11.3 Å². The van der Waals surface area contributed by atoms with E-state index in [1.807, 2.05) is 35.0 Å². The molecule has 3 heterocycles. The molecule has 0 aliphatic rings. The number of aromatic amines is 1. The van der Waals surface area contributed by atoms with Crippen LogP contribution in [0, 0.1) is 0 Å². The number of aromatic nitrogens is 4. The highest BCUT2D eigenvalue weighted by atomic mass is 16.4. The lowest BCUT2D eigenvalue weighted by atomic mass is 10.1. The van der Waals surface area contributed by atoms with Crippen LogP contribution in [-0.4, -0.2) is 36.6 Å². The lowest BCUT2D eigenvalue weighted by Crippen LogP contribution is -2.30. The Morgan fingerprint density at radius 3 is 2.89 bits per heavy atom. The third-order valence-corrected chi connectivity index (χ3v) is 4.74. The first-order chi connectivity index (χ1) is 13.5. The van der Waals surface area contributed by atoms with Gasteiger partial charge in [0.1, 0.15) is 11.7 Å². The van der Waals surface area contributed by atoms with Crippen molar-refractivity contribution in [3.05, 3.63) is 59.1 Å². The monoisotopic (exact) mass is 377 g/mol. The van der Waals surface area contributed by atoms with Gasteiger partial charge in [-0.1, -0.05) is 18.2 Å². The molecule has 0 saturated carbocycles. The van der Waals surface area contributed by atoms with Gasteiger partial charge in [0, 0.05) is 35.4 Å². The van der Waals surface area contributed by atoms with Crippen LogP contribution >= 0.6 is 0 Å². The van der Waals surface area contributed by atoms with Crippen molar-refractivity contribution in [2.75, 3.05) is 0 Å². The molecule has 4 N–H and O–H groups in total. The van der Waals surface area contributed by atoms with E-state index in [1.165, 1.54) is 0 Å². The number of carboxylic acids is 1. The summed E-state index contributed by atoms with van der Waals surface area (Å²) in [6.45, 7) is 0.589. The first-order valence-electron chi connectivity index (χ1n) is 8.96. The highest BCUT2D eigenvalue weighted by molar-refractivity contribution is 5.95. The number of carboxylic acid groups (broad SMARTS) is 1. The Morgan fingerprint density at radius 2 is 2.07 bits per heavy atom. The van der Waals surface area contributed by atoms with Crippen LogP contribution in [0.4, 0.5) is 0 Å². The summed E-state index contributed by atoms with van der Waals surface area (Å²) in [7, 11) is 0. The second-order valence-electron chi connectivity index (χ2n) is 6.63. The molecule has 0 aliphatic heterocycles. The molecule has 4 rings (SSSR count). The standard InChI is InChI=1S/C20H19N5O3/c21-14(20(27)28)6-4-10-25-11-13(12-5-1-2-8-16(12)25)17-19(26)23-15-7-3-9-22-18(15)24-17/h1-3,5,7-9,11,14H,4,6,10,21H2,(H,23,26)(H,27,28). The Labute approximate surface area is 159 Å². The third kappa shape index (κ3) is 3.25. The van der Waals surface area contributed by atoms with Gasteiger partial charge < -0.3 is 20.4 Å². The lowest BCUT2D eigenvalue weighted by Gasteiger charge is -2.08. The smallest absolute Gasteiger partial charge is 0.320 e. The van der Waals surface area contributed by atoms with E-state index < -0.39 is 12.0 Å². The van der Waals surface area contributed by atoms with E-state index in [9.17, 15) is 9.59 Å². The lowest BCUT2D eigenvalue weighted by molar-refractivity contribution is -0.138. The number of hydrogen-bond acceptors (Lipinski definition) is 5. The molecule has 3 aromatic heterocycles. The molecule has 0 radical (unpaired) electrons. The van der Waals surface area contributed by atoms with Crippen LogP contribution in [0.2, 0.25) is 0 Å². The van der Waals surface area contributed by atoms with Crippen molar-refractivity contribution in [3.63, 3.8) is 0 Å². The van der Waals surface area contributed by atoms with E-state index in [0.717, 1.165) is 10.9 Å². The zero-order valence-electron chi connectivity index (χ0n) is 15.0. The molecule has 0 amide bonds. The van der Waals surface area contributed by atoms with E-state index in [-0.39, 0.29) is 5.56 Å². The molecule has 0 fully saturated rings. The van der Waals surface area contributed by atoms with Crippen molar-refractivity contribution in [1.82, 2.24) is 19.5 Å². The molecule has 0 saturated heterocycles. The minimum atomic E-state index is -1.00. The minimum absolute atomic E-state index is 0.281. The molecule has 0 spiro atoms. The predicted molar refractivity (Wildman–Crippen MR) is 106 cm³/mol. The highest BCUT2D eigenvalue weighted by Crippen LogP contribution is 2.28. The number of nitrogens with zero attached hydrogens (tertiary/aromatic N) is 3. The molecule has 4 aromatic rings. The minimum Gasteiger partial charge on any atom is -0.480 e. The fourth-order valence-electron chi connectivity index (χ4n) is 3.33. The molecular formula is C20H19N5O3. The van der Waals surface area contributed by atoms with Crippen molar-refractivity contribution in [3.8, 4) is 11.3 Å². The fraction of sp³-hybridized carbons (Fsp3) is 0.200. The van der Waals surface area contributed by atoms with Crippen molar-refractivity contribution in [2.24, 2.45) is 5.73 Å². The molecule has 0 bridgehead atoms. The number of nitrogens with two attached hydrogens (primary N) is 1. The Hall–Kier alpha value is -3.52. The van der Waals surface area contributed by atoms with Gasteiger partial charge in [0.2, 0.25) is 0 Å². The maximum atomic E-state index is 12.6. The van der Waals surface area contributed by atoms with E-state index in [4.69, 9.17) is 10.8 Å². The number of aryl methyl sites for hydroxylation is 1. The van der Waals surface area contributed by atoms with Crippen molar-refractivity contribution in [1.29, 1.82) is 0 Å². The SMILES string of the molecule is NC(CCCn1cc(-c2nc3ncccc3[nH]c2=O)c2ccccc21)C(=O)O. The zero-order chi connectivity index (χ0) is 19.7. The number of hydrogen-bond donors (Lipinski definition) is 3. The quantitative estimate of drug-likeness (QED) is 0.472. The summed E-state index contributed by atoms with van der Waals surface area (Å²) in [5.41, 5.74) is 8.34. The van der Waals surface area contributed by atoms with E-state index in [2.05, 4.69) is 15.0 Å². The number of rotatable bonds is 6. The summed E-state index contributed by atoms with van der Waals surface area (Å²) in [6.07, 6.45) is 4.49. The third-order valence-electron chi connectivity index (χ3n) is 4.74. The van der Waals surface area contributed by atoms with Gasteiger partial charge in [-0.3, -0.25) is 9.59 Å². The van der Waals surface area contributed by atoms with E-state index in [1.54, 1.807) is 18.3 Å². The van der Waals surface area contributed by atoms with Gasteiger partial charge in [0.05, 0.1) is 5.52 Å². The number of aliphatic carboxylic acids is 1. The van der Waals surface area contributed by atoms with Crippen molar-refractivity contribution >= 4 is 28.0 Å². The van der Waals surface area contributed by atoms with Gasteiger partial charge in [-0.15, -0.1) is 0 Å². The fourth-order valence-corrected chi connectivity index (χ4v) is 3.33. The van der Waals surface area contributed by atoms with Gasteiger partial charge in [0.15, 0.2) is 5.65 Å². The van der Waals surface area contributed by atoms with Crippen LogP contribution in [0.25, 0.3) is 33.3 Å². The number of fused-ring (bicyclic) bond motifs is 2. The topological polar surface area (TPSA) is 127 Å². The normalized spacial score (nSPS) is 12.5. The summed E-state index contributed by atoms with van der Waals surface area (Å²) >= 11 is 0. The zero-order valence-corrected chi connectivity index (χ0v) is 15.0. The summed E-state index contributed by atoms with van der Waals surface area (Å²) in [5.74, 6) is -1.00. The first-order valence-corrected chi connectivity index (χ1v) is 8.96. The molecule has 8 heteroatoms. The van der Waals surface area contributed by atoms with Gasteiger partial charge >= 0.3 is 5.97 Å². The summed E-state index contributed by atoms with van der Waals surface area (Å²) in [5, 5.41) is 9.84. The number of para-hydroxylation sites is 1. The summed E-state index contributed by atoms with van der Waals surface area (Å²) < 4.78 is 2.00. The number of carbonyl (C=O) groups is 1. The van der Waals surface area contributed by atoms with Crippen molar-refractivity contribution in [2.45, 2.75) is 25.4 Å². The maximum absolute atomic E-state index is 12.6. The van der Waals surface area contributed by atoms with Crippen LogP contribution in [0.15, 0.2) is 53.6 Å². The Kier molecular flexibility index (Phi) is 4.62. The average molecular weight is 377 g/mol. The molecule has 1 aromatic carbocycles. The van der Waals surface area contributed by atoms with Gasteiger partial charge in [-0.05, 0) is 31.0 Å². The highest BCUT2D eigenvalue weighted by Gasteiger charge is 2.16. The molecule has 28 heavy (non-hydrogen) atoms.